The van der Waals surface area contributed by atoms with Crippen molar-refractivity contribution in [3.05, 3.63) is 89.5 Å². The number of halogens is 2. The summed E-state index contributed by atoms with van der Waals surface area (Å²) in [4.78, 5) is 42.3. The average Bonchev–Trinajstić information content (AvgIpc) is 3.19. The largest absolute Gasteiger partial charge is 0.348 e. The van der Waals surface area contributed by atoms with Crippen molar-refractivity contribution < 1.29 is 32.6 Å². The number of aryl methyl sites for hydroxylation is 2. The third kappa shape index (κ3) is 7.29. The minimum atomic E-state index is -1.81. The molecule has 0 fully saturated rings. The van der Waals surface area contributed by atoms with Crippen molar-refractivity contribution in [1.82, 2.24) is 5.32 Å². The lowest BCUT2D eigenvalue weighted by atomic mass is 9.87. The maximum Gasteiger partial charge on any atom is 0.320 e. The third-order valence-electron chi connectivity index (χ3n) is 6.76. The molecule has 0 radical (unpaired) electrons. The van der Waals surface area contributed by atoms with Crippen LogP contribution in [0.4, 0.5) is 30.6 Å². The lowest BCUT2D eigenvalue weighted by Gasteiger charge is -2.30. The molecular weight excluding hydrogens is 546 g/mol. The Labute approximate surface area is 243 Å². The molecule has 1 aliphatic heterocycles. The van der Waals surface area contributed by atoms with E-state index in [1.807, 2.05) is 38.1 Å². The van der Waals surface area contributed by atoms with E-state index in [0.717, 1.165) is 11.1 Å². The number of ether oxygens (including phenoxy) is 2. The summed E-state index contributed by atoms with van der Waals surface area (Å²) >= 11 is 0. The van der Waals surface area contributed by atoms with Crippen LogP contribution in [0.2, 0.25) is 0 Å². The van der Waals surface area contributed by atoms with E-state index in [9.17, 15) is 23.2 Å². The molecule has 222 valence electrons. The summed E-state index contributed by atoms with van der Waals surface area (Å²) in [6, 6.07) is 20.3. The van der Waals surface area contributed by atoms with Gasteiger partial charge in [0.25, 0.3) is 5.91 Å². The number of rotatable bonds is 13. The molecule has 0 aromatic heterocycles. The number of hydrogen-bond donors (Lipinski definition) is 3. The monoisotopic (exact) mass is 580 g/mol. The van der Waals surface area contributed by atoms with Gasteiger partial charge in [-0.25, -0.2) is 13.6 Å². The van der Waals surface area contributed by atoms with Gasteiger partial charge in [0.2, 0.25) is 5.91 Å². The maximum atomic E-state index is 14.3. The third-order valence-corrected chi connectivity index (χ3v) is 6.76. The fourth-order valence-electron chi connectivity index (χ4n) is 4.77. The number of nitrogens with zero attached hydrogens (tertiary/aromatic N) is 1. The summed E-state index contributed by atoms with van der Waals surface area (Å²) in [5.41, 5.74) is 1.99. The van der Waals surface area contributed by atoms with Gasteiger partial charge >= 0.3 is 6.03 Å². The number of carbonyl (C=O) groups excluding carboxylic acids is 3. The van der Waals surface area contributed by atoms with Gasteiger partial charge in [-0.3, -0.25) is 9.59 Å². The van der Waals surface area contributed by atoms with E-state index in [4.69, 9.17) is 9.47 Å². The molecule has 1 heterocycles. The van der Waals surface area contributed by atoms with Crippen LogP contribution >= 0.6 is 0 Å². The molecule has 11 heteroatoms. The number of benzene rings is 3. The van der Waals surface area contributed by atoms with E-state index >= 15 is 0 Å². The first-order valence-corrected chi connectivity index (χ1v) is 13.5. The van der Waals surface area contributed by atoms with Crippen LogP contribution in [-0.2, 0) is 24.6 Å². The molecule has 0 unspecified atom stereocenters. The molecule has 3 N–H and O–H groups in total. The molecule has 9 nitrogen and oxygen atoms in total. The van der Waals surface area contributed by atoms with Crippen molar-refractivity contribution in [2.24, 2.45) is 0 Å². The minimum absolute atomic E-state index is 0.224. The summed E-state index contributed by atoms with van der Waals surface area (Å²) in [5.74, 6) is -1.14. The number of amides is 4. The zero-order valence-electron chi connectivity index (χ0n) is 23.5. The summed E-state index contributed by atoms with van der Waals surface area (Å²) in [7, 11) is 0. The lowest BCUT2D eigenvalue weighted by Crippen LogP contribution is -2.56. The van der Waals surface area contributed by atoms with Gasteiger partial charge < -0.3 is 30.3 Å². The number of nitrogens with one attached hydrogen (secondary N) is 3. The first-order valence-electron chi connectivity index (χ1n) is 13.5. The predicted octanol–water partition coefficient (Wildman–Crippen LogP) is 4.99. The molecule has 0 spiro atoms. The molecule has 4 rings (SSSR count). The van der Waals surface area contributed by atoms with Crippen molar-refractivity contribution in [2.45, 2.75) is 32.1 Å². The molecule has 0 aliphatic carbocycles. The molecule has 42 heavy (non-hydrogen) atoms. The standard InChI is InChI=1S/C31H34F2N4O5/c1-21-7-11-23(12-8-21)34-27(38)19-31(36-30(40)35-24-13-9-22(2)10-14-24)25-5-3-4-6-26(25)37(29(31)39)20-28(41-17-15-32)42-18-16-33/h3-14,28H,15-20H2,1-2H3,(H,34,38)(H2,35,36,40)/t31-/m1/s1. The van der Waals surface area contributed by atoms with E-state index in [-0.39, 0.29) is 19.8 Å². The number of fused-ring (bicyclic) bond motifs is 1. The quantitative estimate of drug-likeness (QED) is 0.247. The number of carbonyl (C=O) groups is 3. The van der Waals surface area contributed by atoms with Crippen LogP contribution < -0.4 is 20.9 Å². The highest BCUT2D eigenvalue weighted by Gasteiger charge is 2.53. The first kappa shape index (κ1) is 30.6. The summed E-state index contributed by atoms with van der Waals surface area (Å²) in [5, 5.41) is 8.30. The predicted molar refractivity (Wildman–Crippen MR) is 156 cm³/mol. The topological polar surface area (TPSA) is 109 Å². The smallest absolute Gasteiger partial charge is 0.320 e. The number of hydrogen-bond acceptors (Lipinski definition) is 5. The van der Waals surface area contributed by atoms with Gasteiger partial charge in [-0.2, -0.15) is 0 Å². The van der Waals surface area contributed by atoms with Crippen LogP contribution in [0.3, 0.4) is 0 Å². The molecule has 3 aromatic rings. The number of alkyl halides is 2. The van der Waals surface area contributed by atoms with Crippen molar-refractivity contribution in [2.75, 3.05) is 48.6 Å². The van der Waals surface area contributed by atoms with Gasteiger partial charge in [-0.1, -0.05) is 53.6 Å². The molecule has 0 bridgehead atoms. The Kier molecular flexibility index (Phi) is 10.2. The SMILES string of the molecule is Cc1ccc(NC(=O)C[C@]2(NC(=O)Nc3ccc(C)cc3)C(=O)N(CC(OCCF)OCCF)c3ccccc32)cc1. The number of anilines is 3. The van der Waals surface area contributed by atoms with Gasteiger partial charge in [0.1, 0.15) is 13.3 Å². The molecule has 1 atom stereocenters. The van der Waals surface area contributed by atoms with Crippen LogP contribution in [0.1, 0.15) is 23.1 Å². The first-order chi connectivity index (χ1) is 20.3. The summed E-state index contributed by atoms with van der Waals surface area (Å²) in [6.07, 6.45) is -1.58. The molecule has 0 saturated carbocycles. The lowest BCUT2D eigenvalue weighted by molar-refractivity contribution is -0.144. The van der Waals surface area contributed by atoms with Crippen molar-refractivity contribution in [1.29, 1.82) is 0 Å². The van der Waals surface area contributed by atoms with Crippen LogP contribution in [0, 0.1) is 13.8 Å². The maximum absolute atomic E-state index is 14.3. The van der Waals surface area contributed by atoms with Gasteiger partial charge in [-0.05, 0) is 44.2 Å². The van der Waals surface area contributed by atoms with Gasteiger partial charge in [0.05, 0.1) is 31.9 Å². The second kappa shape index (κ2) is 14.0. The molecule has 1 aliphatic rings. The number of urea groups is 1. The van der Waals surface area contributed by atoms with Gasteiger partial charge in [0.15, 0.2) is 11.8 Å². The molecule has 0 saturated heterocycles. The normalized spacial score (nSPS) is 15.9. The molecule has 3 aromatic carbocycles. The molecular formula is C31H34F2N4O5. The zero-order valence-corrected chi connectivity index (χ0v) is 23.5. The van der Waals surface area contributed by atoms with Crippen LogP contribution in [0.25, 0.3) is 0 Å². The van der Waals surface area contributed by atoms with Gasteiger partial charge in [-0.15, -0.1) is 0 Å². The van der Waals surface area contributed by atoms with Gasteiger partial charge in [0, 0.05) is 16.9 Å². The van der Waals surface area contributed by atoms with E-state index in [0.29, 0.717) is 22.6 Å². The Morgan fingerprint density at radius 1 is 0.833 bits per heavy atom. The Morgan fingerprint density at radius 2 is 1.38 bits per heavy atom. The van der Waals surface area contributed by atoms with E-state index in [2.05, 4.69) is 16.0 Å². The fourth-order valence-corrected chi connectivity index (χ4v) is 4.77. The van der Waals surface area contributed by atoms with E-state index < -0.39 is 49.4 Å². The second-order valence-electron chi connectivity index (χ2n) is 9.92. The summed E-state index contributed by atoms with van der Waals surface area (Å²) < 4.78 is 36.5. The van der Waals surface area contributed by atoms with Crippen molar-refractivity contribution in [3.63, 3.8) is 0 Å². The minimum Gasteiger partial charge on any atom is -0.348 e. The van der Waals surface area contributed by atoms with E-state index in [1.54, 1.807) is 48.5 Å². The zero-order chi connectivity index (χ0) is 30.1. The number of para-hydroxylation sites is 1. The van der Waals surface area contributed by atoms with Crippen LogP contribution in [0.15, 0.2) is 72.8 Å². The average molecular weight is 581 g/mol. The Hall–Kier alpha value is -4.35. The van der Waals surface area contributed by atoms with Crippen LogP contribution in [-0.4, -0.2) is 57.2 Å². The Balaban J connectivity index is 1.68. The summed E-state index contributed by atoms with van der Waals surface area (Å²) in [6.45, 7) is 1.37. The Morgan fingerprint density at radius 3 is 1.95 bits per heavy atom. The highest BCUT2D eigenvalue weighted by atomic mass is 19.1. The molecule has 4 amide bonds. The Bertz CT molecular complexity index is 1320. The fraction of sp³-hybridized carbons (Fsp3) is 0.323. The van der Waals surface area contributed by atoms with Crippen LogP contribution in [0.5, 0.6) is 0 Å². The second-order valence-corrected chi connectivity index (χ2v) is 9.92. The van der Waals surface area contributed by atoms with E-state index in [1.165, 1.54) is 4.90 Å². The highest BCUT2D eigenvalue weighted by Crippen LogP contribution is 2.43. The highest BCUT2D eigenvalue weighted by molar-refractivity contribution is 6.12. The van der Waals surface area contributed by atoms with Crippen molar-refractivity contribution in [3.8, 4) is 0 Å². The van der Waals surface area contributed by atoms with Crippen molar-refractivity contribution >= 4 is 34.9 Å².